The second kappa shape index (κ2) is 3.84. The topological polar surface area (TPSA) is 38.8 Å². The van der Waals surface area contributed by atoms with Crippen molar-refractivity contribution in [3.8, 4) is 0 Å². The highest BCUT2D eigenvalue weighted by atomic mass is 16.7. The van der Waals surface area contributed by atoms with Crippen molar-refractivity contribution in [3.63, 3.8) is 0 Å². The van der Waals surface area contributed by atoms with Crippen LogP contribution in [0.3, 0.4) is 0 Å². The first-order chi connectivity index (χ1) is 8.26. The van der Waals surface area contributed by atoms with E-state index < -0.39 is 11.7 Å². The molecule has 3 rings (SSSR count). The largest absolute Gasteiger partial charge is 0.460 e. The molecular formula is C14H16O3. The Bertz CT molecular complexity index is 424. The van der Waals surface area contributed by atoms with E-state index in [0.717, 1.165) is 24.8 Å². The van der Waals surface area contributed by atoms with Gasteiger partial charge in [0.15, 0.2) is 6.10 Å². The van der Waals surface area contributed by atoms with Crippen molar-refractivity contribution in [2.24, 2.45) is 0 Å². The van der Waals surface area contributed by atoms with Gasteiger partial charge in [0.2, 0.25) is 0 Å². The van der Waals surface area contributed by atoms with Gasteiger partial charge in [-0.05, 0) is 24.8 Å². The second-order valence-corrected chi connectivity index (χ2v) is 4.74. The summed E-state index contributed by atoms with van der Waals surface area (Å²) >= 11 is 0. The van der Waals surface area contributed by atoms with Crippen LogP contribution in [0.25, 0.3) is 0 Å². The summed E-state index contributed by atoms with van der Waals surface area (Å²) in [6.07, 6.45) is 2.54. The second-order valence-electron chi connectivity index (χ2n) is 4.74. The number of carbonyl (C=O) groups is 1. The first kappa shape index (κ1) is 10.8. The van der Waals surface area contributed by atoms with Crippen molar-refractivity contribution >= 4 is 5.97 Å². The van der Waals surface area contributed by atoms with E-state index in [9.17, 15) is 4.79 Å². The van der Waals surface area contributed by atoms with Gasteiger partial charge in [0.25, 0.3) is 0 Å². The molecule has 0 spiro atoms. The summed E-state index contributed by atoms with van der Waals surface area (Å²) < 4.78 is 11.0. The van der Waals surface area contributed by atoms with Crippen LogP contribution in [0.15, 0.2) is 30.3 Å². The highest BCUT2D eigenvalue weighted by Gasteiger charge is 2.62. The fraction of sp³-hybridized carbons (Fsp3) is 0.500. The van der Waals surface area contributed by atoms with Gasteiger partial charge in [-0.1, -0.05) is 37.3 Å². The number of ether oxygens (including phenoxy) is 2. The number of hydrogen-bond donors (Lipinski definition) is 0. The quantitative estimate of drug-likeness (QED) is 0.591. The molecule has 1 saturated carbocycles. The standard InChI is InChI=1S/C14H16O3/c1-2-14(10-6-4-3-5-7-10)12(17-14)13(15)16-11-8-9-11/h3-7,11-12H,2,8-9H2,1H3. The molecule has 1 aliphatic carbocycles. The van der Waals surface area contributed by atoms with Crippen molar-refractivity contribution in [3.05, 3.63) is 35.9 Å². The van der Waals surface area contributed by atoms with Crippen LogP contribution in [0.2, 0.25) is 0 Å². The summed E-state index contributed by atoms with van der Waals surface area (Å²) in [6.45, 7) is 2.04. The highest BCUT2D eigenvalue weighted by molar-refractivity contribution is 5.80. The predicted octanol–water partition coefficient (Wildman–Crippen LogP) is 2.40. The van der Waals surface area contributed by atoms with E-state index in [4.69, 9.17) is 9.47 Å². The van der Waals surface area contributed by atoms with Gasteiger partial charge in [0.1, 0.15) is 11.7 Å². The van der Waals surface area contributed by atoms with Crippen molar-refractivity contribution < 1.29 is 14.3 Å². The van der Waals surface area contributed by atoms with E-state index in [2.05, 4.69) is 0 Å². The summed E-state index contributed by atoms with van der Waals surface area (Å²) in [4.78, 5) is 11.9. The van der Waals surface area contributed by atoms with Crippen molar-refractivity contribution in [2.45, 2.75) is 44.0 Å². The summed E-state index contributed by atoms with van der Waals surface area (Å²) in [5.74, 6) is -0.196. The minimum absolute atomic E-state index is 0.150. The van der Waals surface area contributed by atoms with Gasteiger partial charge < -0.3 is 9.47 Å². The van der Waals surface area contributed by atoms with Crippen LogP contribution in [-0.2, 0) is 19.9 Å². The monoisotopic (exact) mass is 232 g/mol. The zero-order valence-electron chi connectivity index (χ0n) is 9.89. The number of esters is 1. The van der Waals surface area contributed by atoms with E-state index in [1.165, 1.54) is 0 Å². The molecule has 2 fully saturated rings. The fourth-order valence-electron chi connectivity index (χ4n) is 2.24. The lowest BCUT2D eigenvalue weighted by molar-refractivity contribution is -0.146. The van der Waals surface area contributed by atoms with Gasteiger partial charge in [-0.25, -0.2) is 4.79 Å². The van der Waals surface area contributed by atoms with Crippen LogP contribution in [0.1, 0.15) is 31.7 Å². The summed E-state index contributed by atoms with van der Waals surface area (Å²) in [5.41, 5.74) is 0.632. The van der Waals surface area contributed by atoms with Crippen LogP contribution < -0.4 is 0 Å². The van der Waals surface area contributed by atoms with E-state index >= 15 is 0 Å². The molecule has 0 aromatic heterocycles. The first-order valence-corrected chi connectivity index (χ1v) is 6.20. The molecule has 2 aliphatic rings. The molecule has 17 heavy (non-hydrogen) atoms. The molecule has 3 heteroatoms. The Kier molecular flexibility index (Phi) is 2.44. The van der Waals surface area contributed by atoms with Gasteiger partial charge in [0.05, 0.1) is 0 Å². The minimum Gasteiger partial charge on any atom is -0.460 e. The lowest BCUT2D eigenvalue weighted by atomic mass is 9.93. The smallest absolute Gasteiger partial charge is 0.339 e. The third-order valence-corrected chi connectivity index (χ3v) is 3.50. The van der Waals surface area contributed by atoms with Crippen molar-refractivity contribution in [2.75, 3.05) is 0 Å². The molecule has 2 unspecified atom stereocenters. The zero-order chi connectivity index (χ0) is 11.9. The van der Waals surface area contributed by atoms with E-state index in [1.807, 2.05) is 37.3 Å². The van der Waals surface area contributed by atoms with Crippen LogP contribution in [0.4, 0.5) is 0 Å². The lowest BCUT2D eigenvalue weighted by Gasteiger charge is -2.10. The van der Waals surface area contributed by atoms with Gasteiger partial charge in [-0.15, -0.1) is 0 Å². The minimum atomic E-state index is -0.437. The molecule has 1 aliphatic heterocycles. The Morgan fingerprint density at radius 1 is 1.41 bits per heavy atom. The SMILES string of the molecule is CCC1(c2ccccc2)OC1C(=O)OC1CC1. The van der Waals surface area contributed by atoms with Gasteiger partial charge in [-0.3, -0.25) is 0 Å². The molecule has 0 radical (unpaired) electrons. The molecule has 0 bridgehead atoms. The number of benzene rings is 1. The van der Waals surface area contributed by atoms with E-state index in [-0.39, 0.29) is 12.1 Å². The molecular weight excluding hydrogens is 216 g/mol. The van der Waals surface area contributed by atoms with Crippen LogP contribution in [0, 0.1) is 0 Å². The van der Waals surface area contributed by atoms with Gasteiger partial charge in [-0.2, -0.15) is 0 Å². The maximum atomic E-state index is 11.9. The predicted molar refractivity (Wildman–Crippen MR) is 62.4 cm³/mol. The summed E-state index contributed by atoms with van der Waals surface area (Å²) in [5, 5.41) is 0. The third-order valence-electron chi connectivity index (χ3n) is 3.50. The maximum Gasteiger partial charge on any atom is 0.339 e. The summed E-state index contributed by atoms with van der Waals surface area (Å²) in [7, 11) is 0. The molecule has 0 N–H and O–H groups in total. The molecule has 1 aromatic rings. The fourth-order valence-corrected chi connectivity index (χ4v) is 2.24. The number of carbonyl (C=O) groups excluding carboxylic acids is 1. The van der Waals surface area contributed by atoms with E-state index in [0.29, 0.717) is 0 Å². The first-order valence-electron chi connectivity index (χ1n) is 6.20. The molecule has 1 saturated heterocycles. The Balaban J connectivity index is 1.75. The van der Waals surface area contributed by atoms with Crippen LogP contribution in [0.5, 0.6) is 0 Å². The third kappa shape index (κ3) is 1.84. The Labute approximate surface area is 101 Å². The normalized spacial score (nSPS) is 31.0. The highest BCUT2D eigenvalue weighted by Crippen LogP contribution is 2.50. The molecule has 3 nitrogen and oxygen atoms in total. The average Bonchev–Trinajstić information content (AvgIpc) is 3.25. The molecule has 1 heterocycles. The van der Waals surface area contributed by atoms with Crippen molar-refractivity contribution in [1.82, 2.24) is 0 Å². The molecule has 1 aromatic carbocycles. The van der Waals surface area contributed by atoms with Gasteiger partial charge >= 0.3 is 5.97 Å². The molecule has 90 valence electrons. The Morgan fingerprint density at radius 2 is 2.12 bits per heavy atom. The Hall–Kier alpha value is -1.35. The maximum absolute atomic E-state index is 11.9. The Morgan fingerprint density at radius 3 is 2.71 bits per heavy atom. The molecule has 2 atom stereocenters. The zero-order valence-corrected chi connectivity index (χ0v) is 9.89. The average molecular weight is 232 g/mol. The van der Waals surface area contributed by atoms with Crippen molar-refractivity contribution in [1.29, 1.82) is 0 Å². The van der Waals surface area contributed by atoms with Crippen LogP contribution >= 0.6 is 0 Å². The van der Waals surface area contributed by atoms with E-state index in [1.54, 1.807) is 0 Å². The molecule has 0 amide bonds. The van der Waals surface area contributed by atoms with Crippen LogP contribution in [-0.4, -0.2) is 18.2 Å². The van der Waals surface area contributed by atoms with Gasteiger partial charge in [0, 0.05) is 0 Å². The lowest BCUT2D eigenvalue weighted by Crippen LogP contribution is -2.21. The summed E-state index contributed by atoms with van der Waals surface area (Å²) in [6, 6.07) is 9.92. The number of hydrogen-bond acceptors (Lipinski definition) is 3. The number of rotatable bonds is 4. The number of epoxide rings is 1.